The van der Waals surface area contributed by atoms with Gasteiger partial charge in [-0.2, -0.15) is 0 Å². The molecule has 0 fully saturated rings. The van der Waals surface area contributed by atoms with Crippen LogP contribution < -0.4 is 0 Å². The molecule has 3 atom stereocenters. The molecule has 1 unspecified atom stereocenters. The second-order valence-corrected chi connectivity index (χ2v) is 13.4. The molecule has 0 bridgehead atoms. The lowest BCUT2D eigenvalue weighted by Gasteiger charge is -2.42. The van der Waals surface area contributed by atoms with Gasteiger partial charge < -0.3 is 9.53 Å². The molecule has 0 aromatic heterocycles. The van der Waals surface area contributed by atoms with Crippen molar-refractivity contribution in [3.63, 3.8) is 0 Å². The molecule has 0 spiro atoms. The van der Waals surface area contributed by atoms with Crippen LogP contribution in [-0.4, -0.2) is 25.5 Å². The summed E-state index contributed by atoms with van der Waals surface area (Å²) in [6.45, 7) is 21.6. The summed E-state index contributed by atoms with van der Waals surface area (Å²) < 4.78 is 6.73. The van der Waals surface area contributed by atoms with Crippen LogP contribution in [0.15, 0.2) is 23.3 Å². The first kappa shape index (κ1) is 23.1. The van der Waals surface area contributed by atoms with Gasteiger partial charge in [-0.1, -0.05) is 46.8 Å². The van der Waals surface area contributed by atoms with Gasteiger partial charge in [0.2, 0.25) is 0 Å². The molecule has 0 amide bonds. The minimum absolute atomic E-state index is 0.0874. The quantitative estimate of drug-likeness (QED) is 0.328. The summed E-state index contributed by atoms with van der Waals surface area (Å²) in [6, 6.07) is 0. The highest BCUT2D eigenvalue weighted by Gasteiger charge is 2.41. The Kier molecular flexibility index (Phi) is 8.67. The lowest BCUT2D eigenvalue weighted by Crippen LogP contribution is -2.46. The van der Waals surface area contributed by atoms with E-state index < -0.39 is 14.3 Å². The topological polar surface area (TPSA) is 46.5 Å². The minimum atomic E-state index is -1.87. The van der Waals surface area contributed by atoms with Gasteiger partial charge in [0.1, 0.15) is 0 Å². The predicted octanol–water partition coefficient (Wildman–Crippen LogP) is 6.04. The minimum Gasteiger partial charge on any atom is -0.478 e. The SMILES string of the molecule is C/C=C(\C)C(O[Si](C)(C)C(C)(C)C)[C@@H](C)[C@@H](C)C/C=C(\C)C(=O)O. The Balaban J connectivity index is 5.33. The number of carboxylic acids is 1. The Labute approximate surface area is 150 Å². The fraction of sp³-hybridized carbons (Fsp3) is 0.750. The van der Waals surface area contributed by atoms with Gasteiger partial charge in [0.15, 0.2) is 8.32 Å². The number of rotatable bonds is 8. The lowest BCUT2D eigenvalue weighted by molar-refractivity contribution is -0.132. The van der Waals surface area contributed by atoms with Gasteiger partial charge in [-0.05, 0) is 62.7 Å². The normalized spacial score (nSPS) is 18.2. The molecule has 140 valence electrons. The van der Waals surface area contributed by atoms with Crippen molar-refractivity contribution in [1.82, 2.24) is 0 Å². The van der Waals surface area contributed by atoms with Gasteiger partial charge in [-0.15, -0.1) is 0 Å². The van der Waals surface area contributed by atoms with E-state index >= 15 is 0 Å². The molecule has 0 rings (SSSR count). The van der Waals surface area contributed by atoms with Gasteiger partial charge in [-0.25, -0.2) is 4.79 Å². The van der Waals surface area contributed by atoms with Crippen LogP contribution in [0.25, 0.3) is 0 Å². The second-order valence-electron chi connectivity index (χ2n) is 8.60. The molecule has 0 aliphatic heterocycles. The molecular formula is C20H38O3Si. The second kappa shape index (κ2) is 9.00. The molecular weight excluding hydrogens is 316 g/mol. The van der Waals surface area contributed by atoms with Crippen LogP contribution in [0.2, 0.25) is 18.1 Å². The van der Waals surface area contributed by atoms with Gasteiger partial charge in [0, 0.05) is 5.57 Å². The van der Waals surface area contributed by atoms with Crippen molar-refractivity contribution in [3.8, 4) is 0 Å². The molecule has 1 N–H and O–H groups in total. The van der Waals surface area contributed by atoms with Gasteiger partial charge in [0.25, 0.3) is 0 Å². The average molecular weight is 355 g/mol. The molecule has 0 aliphatic rings. The van der Waals surface area contributed by atoms with Crippen LogP contribution in [-0.2, 0) is 9.22 Å². The zero-order valence-corrected chi connectivity index (χ0v) is 18.4. The monoisotopic (exact) mass is 354 g/mol. The van der Waals surface area contributed by atoms with E-state index in [1.807, 2.05) is 6.08 Å². The van der Waals surface area contributed by atoms with Crippen molar-refractivity contribution < 1.29 is 14.3 Å². The van der Waals surface area contributed by atoms with Crippen LogP contribution in [0.1, 0.15) is 61.8 Å². The maximum absolute atomic E-state index is 11.0. The van der Waals surface area contributed by atoms with Crippen molar-refractivity contribution in [2.24, 2.45) is 11.8 Å². The number of aliphatic carboxylic acids is 1. The fourth-order valence-electron chi connectivity index (χ4n) is 2.24. The first-order chi connectivity index (χ1) is 10.7. The summed E-state index contributed by atoms with van der Waals surface area (Å²) in [5, 5.41) is 9.18. The Morgan fingerprint density at radius 3 is 2.08 bits per heavy atom. The van der Waals surface area contributed by atoms with Crippen molar-refractivity contribution >= 4 is 14.3 Å². The maximum atomic E-state index is 11.0. The largest absolute Gasteiger partial charge is 0.478 e. The molecule has 0 radical (unpaired) electrons. The van der Waals surface area contributed by atoms with Gasteiger partial charge >= 0.3 is 5.97 Å². The molecule has 24 heavy (non-hydrogen) atoms. The molecule has 4 heteroatoms. The average Bonchev–Trinajstić information content (AvgIpc) is 2.46. The maximum Gasteiger partial charge on any atom is 0.330 e. The Hall–Kier alpha value is -0.873. The third kappa shape index (κ3) is 6.56. The van der Waals surface area contributed by atoms with E-state index in [4.69, 9.17) is 9.53 Å². The smallest absolute Gasteiger partial charge is 0.330 e. The summed E-state index contributed by atoms with van der Waals surface area (Å²) >= 11 is 0. The summed E-state index contributed by atoms with van der Waals surface area (Å²) in [4.78, 5) is 11.0. The molecule has 0 saturated carbocycles. The zero-order valence-electron chi connectivity index (χ0n) is 17.4. The van der Waals surface area contributed by atoms with E-state index in [0.717, 1.165) is 6.42 Å². The molecule has 0 saturated heterocycles. The van der Waals surface area contributed by atoms with Crippen molar-refractivity contribution in [3.05, 3.63) is 23.3 Å². The van der Waals surface area contributed by atoms with Crippen LogP contribution in [0.3, 0.4) is 0 Å². The number of allylic oxidation sites excluding steroid dienone is 2. The Morgan fingerprint density at radius 1 is 1.21 bits per heavy atom. The van der Waals surface area contributed by atoms with E-state index in [2.05, 4.69) is 67.6 Å². The molecule has 0 heterocycles. The molecule has 3 nitrogen and oxygen atoms in total. The van der Waals surface area contributed by atoms with Crippen LogP contribution in [0.4, 0.5) is 0 Å². The highest BCUT2D eigenvalue weighted by molar-refractivity contribution is 6.74. The van der Waals surface area contributed by atoms with E-state index in [-0.39, 0.29) is 11.1 Å². The Bertz CT molecular complexity index is 484. The summed E-state index contributed by atoms with van der Waals surface area (Å²) in [5.74, 6) is -0.161. The van der Waals surface area contributed by atoms with Gasteiger partial charge in [-0.3, -0.25) is 0 Å². The van der Waals surface area contributed by atoms with E-state index in [1.54, 1.807) is 6.92 Å². The third-order valence-electron chi connectivity index (χ3n) is 5.64. The van der Waals surface area contributed by atoms with E-state index in [9.17, 15) is 4.79 Å². The highest BCUT2D eigenvalue weighted by atomic mass is 28.4. The fourth-order valence-corrected chi connectivity index (χ4v) is 3.63. The van der Waals surface area contributed by atoms with Gasteiger partial charge in [0.05, 0.1) is 6.10 Å². The lowest BCUT2D eigenvalue weighted by atomic mass is 9.85. The number of hydrogen-bond acceptors (Lipinski definition) is 2. The molecule has 0 aromatic carbocycles. The summed E-state index contributed by atoms with van der Waals surface area (Å²) in [7, 11) is -1.87. The summed E-state index contributed by atoms with van der Waals surface area (Å²) in [5.41, 5.74) is 1.68. The first-order valence-corrected chi connectivity index (χ1v) is 11.9. The standard InChI is InChI=1S/C20H38O3Si/c1-11-14(2)18(23-24(9,10)20(6,7)8)17(5)15(3)12-13-16(4)19(21)22/h11,13,15,17-18H,12H2,1-10H3,(H,21,22)/b14-11+,16-13+/t15-,17-,18?/m0/s1. The summed E-state index contributed by atoms with van der Waals surface area (Å²) in [6.07, 6.45) is 4.81. The van der Waals surface area contributed by atoms with Crippen LogP contribution >= 0.6 is 0 Å². The third-order valence-corrected chi connectivity index (χ3v) is 10.1. The van der Waals surface area contributed by atoms with Crippen molar-refractivity contribution in [1.29, 1.82) is 0 Å². The molecule has 0 aromatic rings. The number of carboxylic acid groups (broad SMARTS) is 1. The Morgan fingerprint density at radius 2 is 1.71 bits per heavy atom. The zero-order chi connectivity index (χ0) is 19.3. The van der Waals surface area contributed by atoms with Crippen molar-refractivity contribution in [2.75, 3.05) is 0 Å². The predicted molar refractivity (Wildman–Crippen MR) is 106 cm³/mol. The number of carbonyl (C=O) groups is 1. The first-order valence-electron chi connectivity index (χ1n) is 8.95. The number of hydrogen-bond donors (Lipinski definition) is 1. The van der Waals surface area contributed by atoms with Crippen LogP contribution in [0, 0.1) is 11.8 Å². The molecule has 0 aliphatic carbocycles. The van der Waals surface area contributed by atoms with Crippen molar-refractivity contribution in [2.45, 2.75) is 86.0 Å². The van der Waals surface area contributed by atoms with E-state index in [0.29, 0.717) is 17.4 Å². The van der Waals surface area contributed by atoms with Crippen LogP contribution in [0.5, 0.6) is 0 Å². The van der Waals surface area contributed by atoms with E-state index in [1.165, 1.54) is 5.57 Å². The highest BCUT2D eigenvalue weighted by Crippen LogP contribution is 2.40.